The fourth-order valence-corrected chi connectivity index (χ4v) is 6.95. The van der Waals surface area contributed by atoms with Gasteiger partial charge in [0.2, 0.25) is 5.78 Å². The van der Waals surface area contributed by atoms with Crippen LogP contribution in [0.2, 0.25) is 0 Å². The Bertz CT molecular complexity index is 1520. The molecular weight excluding hydrogens is 590 g/mol. The summed E-state index contributed by atoms with van der Waals surface area (Å²) in [5.74, 6) is -3.67. The average molecular weight is 628 g/mol. The zero-order valence-corrected chi connectivity index (χ0v) is 25.0. The highest BCUT2D eigenvalue weighted by Crippen LogP contribution is 2.52. The van der Waals surface area contributed by atoms with Crippen molar-refractivity contribution in [1.29, 1.82) is 0 Å². The molecule has 0 saturated carbocycles. The minimum absolute atomic E-state index is 0.0409. The standard InChI is InChI=1S/C32H37NO12/c1-14-31(45-21-8-3-4-9-42-21)17(33)10-22(43-14)44-19-12-32(40,20(35)13-34)11-16-24(19)30(39)26-25(28(16)37)27(36)15-6-5-7-18(41-2)23(15)29(26)38/h5-7,14,17,19,21-22,31,34,37,39-40H,3-4,8-13,33H2,1-2H3/t14-,17-,19-,21-,22-,31+,32-/m1/s1. The predicted octanol–water partition coefficient (Wildman–Crippen LogP) is 1.55. The first-order chi connectivity index (χ1) is 21.5. The van der Waals surface area contributed by atoms with Crippen LogP contribution in [-0.2, 0) is 30.2 Å². The molecule has 2 aliphatic carbocycles. The fraction of sp³-hybridized carbons (Fsp3) is 0.531. The van der Waals surface area contributed by atoms with Crippen LogP contribution in [0.4, 0.5) is 0 Å². The maximum absolute atomic E-state index is 13.8. The van der Waals surface area contributed by atoms with E-state index in [1.165, 1.54) is 25.3 Å². The number of carbonyl (C=O) groups is 3. The van der Waals surface area contributed by atoms with E-state index >= 15 is 0 Å². The summed E-state index contributed by atoms with van der Waals surface area (Å²) in [6, 6.07) is 3.86. The van der Waals surface area contributed by atoms with Crippen LogP contribution >= 0.6 is 0 Å². The number of aliphatic hydroxyl groups excluding tert-OH is 1. The van der Waals surface area contributed by atoms with Crippen molar-refractivity contribution >= 4 is 17.3 Å². The van der Waals surface area contributed by atoms with Crippen molar-refractivity contribution in [3.05, 3.63) is 51.6 Å². The third-order valence-corrected chi connectivity index (χ3v) is 9.22. The molecule has 6 N–H and O–H groups in total. The van der Waals surface area contributed by atoms with Crippen LogP contribution in [0.25, 0.3) is 0 Å². The number of methoxy groups -OCH3 is 1. The lowest BCUT2D eigenvalue weighted by Crippen LogP contribution is -2.55. The van der Waals surface area contributed by atoms with Crippen LogP contribution < -0.4 is 10.5 Å². The van der Waals surface area contributed by atoms with Crippen LogP contribution in [0, 0.1) is 0 Å². The van der Waals surface area contributed by atoms with Gasteiger partial charge in [-0.15, -0.1) is 0 Å². The number of aliphatic hydroxyl groups is 2. The van der Waals surface area contributed by atoms with Gasteiger partial charge in [0, 0.05) is 48.6 Å². The maximum Gasteiger partial charge on any atom is 0.202 e. The van der Waals surface area contributed by atoms with Crippen molar-refractivity contribution in [2.75, 3.05) is 20.3 Å². The number of rotatable bonds is 7. The van der Waals surface area contributed by atoms with Gasteiger partial charge in [0.25, 0.3) is 0 Å². The molecule has 0 radical (unpaired) electrons. The van der Waals surface area contributed by atoms with E-state index in [-0.39, 0.29) is 34.4 Å². The van der Waals surface area contributed by atoms with Crippen molar-refractivity contribution < 1.29 is 58.5 Å². The summed E-state index contributed by atoms with van der Waals surface area (Å²) in [7, 11) is 1.34. The number of Topliss-reactive ketones (excluding diaryl/α,β-unsaturated/α-hetero) is 1. The molecule has 2 aliphatic heterocycles. The number of phenolic OH excluding ortho intramolecular Hbond substituents is 2. The van der Waals surface area contributed by atoms with Gasteiger partial charge in [-0.1, -0.05) is 12.1 Å². The van der Waals surface area contributed by atoms with E-state index in [9.17, 15) is 34.8 Å². The SMILES string of the molecule is COc1cccc2c1C(=O)c1c(O)c3c(c(O)c1C2=O)C[C@](O)(C(=O)CO)C[C@H]3O[C@@H]1C[C@@H](N)[C@@H](O[C@@H]2CCCCO2)[C@@H](C)O1. The second-order valence-corrected chi connectivity index (χ2v) is 12.1. The summed E-state index contributed by atoms with van der Waals surface area (Å²) in [6.45, 7) is 1.35. The summed E-state index contributed by atoms with van der Waals surface area (Å²) in [4.78, 5) is 40.2. The van der Waals surface area contributed by atoms with Gasteiger partial charge in [0.05, 0.1) is 36.0 Å². The molecule has 13 nitrogen and oxygen atoms in total. The number of nitrogens with two attached hydrogens (primary N) is 1. The Kier molecular flexibility index (Phi) is 8.46. The highest BCUT2D eigenvalue weighted by Gasteiger charge is 2.50. The highest BCUT2D eigenvalue weighted by molar-refractivity contribution is 6.31. The number of aromatic hydroxyl groups is 2. The van der Waals surface area contributed by atoms with Crippen LogP contribution in [-0.4, -0.2) is 94.5 Å². The Hall–Kier alpha value is -3.43. The minimum atomic E-state index is -2.24. The maximum atomic E-state index is 13.8. The zero-order chi connectivity index (χ0) is 32.2. The molecule has 0 spiro atoms. The monoisotopic (exact) mass is 627 g/mol. The topological polar surface area (TPSA) is 204 Å². The number of ether oxygens (including phenoxy) is 5. The Morgan fingerprint density at radius 1 is 1.07 bits per heavy atom. The molecule has 2 saturated heterocycles. The Labute approximate surface area is 258 Å². The van der Waals surface area contributed by atoms with Crippen molar-refractivity contribution in [3.8, 4) is 17.2 Å². The van der Waals surface area contributed by atoms with Gasteiger partial charge in [-0.25, -0.2) is 0 Å². The highest BCUT2D eigenvalue weighted by atomic mass is 16.7. The molecule has 2 aromatic carbocycles. The van der Waals surface area contributed by atoms with Crippen LogP contribution in [0.1, 0.15) is 88.1 Å². The molecule has 45 heavy (non-hydrogen) atoms. The molecule has 4 aliphatic rings. The number of phenols is 2. The molecule has 0 unspecified atom stereocenters. The summed E-state index contributed by atoms with van der Waals surface area (Å²) < 4.78 is 29.5. The molecule has 2 heterocycles. The smallest absolute Gasteiger partial charge is 0.202 e. The summed E-state index contributed by atoms with van der Waals surface area (Å²) in [5, 5.41) is 44.2. The fourth-order valence-electron chi connectivity index (χ4n) is 6.95. The quantitative estimate of drug-likeness (QED) is 0.236. The van der Waals surface area contributed by atoms with Crippen LogP contribution in [0.3, 0.4) is 0 Å². The Balaban J connectivity index is 1.38. The number of hydrogen-bond acceptors (Lipinski definition) is 13. The molecule has 0 amide bonds. The number of benzene rings is 2. The number of hydrogen-bond donors (Lipinski definition) is 5. The third-order valence-electron chi connectivity index (χ3n) is 9.22. The Morgan fingerprint density at radius 2 is 1.82 bits per heavy atom. The van der Waals surface area contributed by atoms with Gasteiger partial charge in [-0.2, -0.15) is 0 Å². The van der Waals surface area contributed by atoms with E-state index in [4.69, 9.17) is 29.4 Å². The third kappa shape index (κ3) is 5.31. The largest absolute Gasteiger partial charge is 0.507 e. The van der Waals surface area contributed by atoms with Gasteiger partial charge in [0.1, 0.15) is 35.6 Å². The van der Waals surface area contributed by atoms with Crippen molar-refractivity contribution in [3.63, 3.8) is 0 Å². The van der Waals surface area contributed by atoms with Gasteiger partial charge in [-0.3, -0.25) is 14.4 Å². The predicted molar refractivity (Wildman–Crippen MR) is 154 cm³/mol. The first-order valence-electron chi connectivity index (χ1n) is 15.1. The lowest BCUT2D eigenvalue weighted by Gasteiger charge is -2.43. The van der Waals surface area contributed by atoms with E-state index in [1.54, 1.807) is 6.92 Å². The van der Waals surface area contributed by atoms with Crippen molar-refractivity contribution in [2.45, 2.75) is 88.0 Å². The van der Waals surface area contributed by atoms with Crippen LogP contribution in [0.5, 0.6) is 17.2 Å². The van der Waals surface area contributed by atoms with E-state index in [0.717, 1.165) is 19.3 Å². The molecule has 0 bridgehead atoms. The number of carbonyl (C=O) groups excluding carboxylic acids is 3. The number of ketones is 3. The number of fused-ring (bicyclic) bond motifs is 3. The van der Waals surface area contributed by atoms with Crippen molar-refractivity contribution in [2.24, 2.45) is 5.73 Å². The molecular formula is C32H37NO12. The summed E-state index contributed by atoms with van der Waals surface area (Å²) in [6.07, 6.45) is -2.03. The van der Waals surface area contributed by atoms with Crippen molar-refractivity contribution in [1.82, 2.24) is 0 Å². The molecule has 13 heteroatoms. The van der Waals surface area contributed by atoms with Gasteiger partial charge < -0.3 is 49.8 Å². The minimum Gasteiger partial charge on any atom is -0.507 e. The van der Waals surface area contributed by atoms with Crippen LogP contribution in [0.15, 0.2) is 18.2 Å². The second-order valence-electron chi connectivity index (χ2n) is 12.1. The molecule has 2 fully saturated rings. The second kappa shape index (κ2) is 12.1. The summed E-state index contributed by atoms with van der Waals surface area (Å²) in [5.41, 5.74) is 2.98. The molecule has 242 valence electrons. The van der Waals surface area contributed by atoms with E-state index in [1.807, 2.05) is 0 Å². The van der Waals surface area contributed by atoms with Gasteiger partial charge in [-0.05, 0) is 32.3 Å². The first kappa shape index (κ1) is 31.5. The summed E-state index contributed by atoms with van der Waals surface area (Å²) >= 11 is 0. The van der Waals surface area contributed by atoms with Gasteiger partial charge in [0.15, 0.2) is 24.1 Å². The molecule has 7 atom stereocenters. The lowest BCUT2D eigenvalue weighted by molar-refractivity contribution is -0.281. The van der Waals surface area contributed by atoms with E-state index < -0.39 is 102 Å². The Morgan fingerprint density at radius 3 is 2.49 bits per heavy atom. The first-order valence-corrected chi connectivity index (χ1v) is 15.1. The lowest BCUT2D eigenvalue weighted by atomic mass is 9.72. The van der Waals surface area contributed by atoms with E-state index in [2.05, 4.69) is 0 Å². The molecule has 0 aromatic heterocycles. The normalized spacial score (nSPS) is 31.1. The molecule has 2 aromatic rings. The van der Waals surface area contributed by atoms with Gasteiger partial charge >= 0.3 is 0 Å². The molecule has 6 rings (SSSR count). The zero-order valence-electron chi connectivity index (χ0n) is 25.0. The average Bonchev–Trinajstić information content (AvgIpc) is 3.02. The van der Waals surface area contributed by atoms with E-state index in [0.29, 0.717) is 6.61 Å².